The zero-order valence-electron chi connectivity index (χ0n) is 15.8. The number of nitrogens with one attached hydrogen (secondary N) is 1. The lowest BCUT2D eigenvalue weighted by atomic mass is 9.95. The highest BCUT2D eigenvalue weighted by Gasteiger charge is 2.29. The number of aromatic nitrogens is 2. The summed E-state index contributed by atoms with van der Waals surface area (Å²) >= 11 is 7.38. The molecule has 0 aliphatic heterocycles. The maximum Gasteiger partial charge on any atom is 0.341 e. The lowest BCUT2D eigenvalue weighted by molar-refractivity contribution is -0.119. The van der Waals surface area contributed by atoms with Crippen LogP contribution in [0.4, 0.5) is 5.00 Å². The van der Waals surface area contributed by atoms with E-state index in [2.05, 4.69) is 10.4 Å². The first-order chi connectivity index (χ1) is 12.9. The molecule has 3 rings (SSSR count). The van der Waals surface area contributed by atoms with E-state index in [0.717, 1.165) is 37.7 Å². The minimum Gasteiger partial charge on any atom is -0.459 e. The highest BCUT2D eigenvalue weighted by molar-refractivity contribution is 7.17. The number of anilines is 1. The molecule has 0 spiro atoms. The molecule has 1 amide bonds. The van der Waals surface area contributed by atoms with Crippen molar-refractivity contribution in [1.82, 2.24) is 9.78 Å². The minimum absolute atomic E-state index is 0.162. The van der Waals surface area contributed by atoms with E-state index in [0.29, 0.717) is 15.6 Å². The quantitative estimate of drug-likeness (QED) is 0.706. The number of carbonyl (C=O) groups excluding carboxylic acids is 2. The summed E-state index contributed by atoms with van der Waals surface area (Å²) in [6.45, 7) is 5.59. The molecule has 6 nitrogen and oxygen atoms in total. The molecule has 2 heterocycles. The molecular weight excluding hydrogens is 386 g/mol. The topological polar surface area (TPSA) is 73.2 Å². The summed E-state index contributed by atoms with van der Waals surface area (Å²) in [5.41, 5.74) is 1.55. The molecule has 1 aliphatic rings. The smallest absolute Gasteiger partial charge is 0.341 e. The van der Waals surface area contributed by atoms with Gasteiger partial charge < -0.3 is 10.1 Å². The number of ether oxygens (including phenoxy) is 1. The first kappa shape index (κ1) is 19.9. The third kappa shape index (κ3) is 4.35. The largest absolute Gasteiger partial charge is 0.459 e. The Kier molecular flexibility index (Phi) is 6.22. The minimum atomic E-state index is -0.546. The number of thiophene rings is 1. The maximum absolute atomic E-state index is 12.8. The standard InChI is InChI=1S/C19H24ClN3O3S/c1-4-11(2)26-19(25)16-14-7-5-6-8-15(14)27-18(16)22-17(24)12(3)23-10-13(20)9-21-23/h9-12H,4-8H2,1-3H3,(H,22,24). The third-order valence-corrected chi connectivity index (χ3v) is 6.24. The van der Waals surface area contributed by atoms with Crippen molar-refractivity contribution < 1.29 is 14.3 Å². The predicted molar refractivity (Wildman–Crippen MR) is 107 cm³/mol. The fraction of sp³-hybridized carbons (Fsp3) is 0.526. The molecule has 2 unspecified atom stereocenters. The fourth-order valence-corrected chi connectivity index (χ4v) is 4.48. The number of esters is 1. The molecule has 0 aromatic carbocycles. The van der Waals surface area contributed by atoms with Crippen LogP contribution in [0.5, 0.6) is 0 Å². The lowest BCUT2D eigenvalue weighted by Gasteiger charge is -2.16. The molecule has 0 bridgehead atoms. The highest BCUT2D eigenvalue weighted by atomic mass is 35.5. The molecular formula is C19H24ClN3O3S. The second kappa shape index (κ2) is 8.44. The van der Waals surface area contributed by atoms with Gasteiger partial charge in [0.1, 0.15) is 11.0 Å². The summed E-state index contributed by atoms with van der Waals surface area (Å²) in [7, 11) is 0. The van der Waals surface area contributed by atoms with Crippen molar-refractivity contribution in [2.45, 2.75) is 65.0 Å². The number of amides is 1. The number of fused-ring (bicyclic) bond motifs is 1. The van der Waals surface area contributed by atoms with Gasteiger partial charge in [-0.25, -0.2) is 4.79 Å². The predicted octanol–water partition coefficient (Wildman–Crippen LogP) is 4.63. The zero-order chi connectivity index (χ0) is 19.6. The Balaban J connectivity index is 1.86. The van der Waals surface area contributed by atoms with Crippen molar-refractivity contribution in [3.8, 4) is 0 Å². The van der Waals surface area contributed by atoms with E-state index in [1.54, 1.807) is 13.1 Å². The van der Waals surface area contributed by atoms with Crippen LogP contribution in [-0.2, 0) is 22.4 Å². The van der Waals surface area contributed by atoms with Gasteiger partial charge in [0.15, 0.2) is 0 Å². The van der Waals surface area contributed by atoms with Gasteiger partial charge in [0.2, 0.25) is 5.91 Å². The monoisotopic (exact) mass is 409 g/mol. The molecule has 8 heteroatoms. The van der Waals surface area contributed by atoms with Gasteiger partial charge >= 0.3 is 5.97 Å². The maximum atomic E-state index is 12.8. The van der Waals surface area contributed by atoms with Crippen LogP contribution in [0.25, 0.3) is 0 Å². The SMILES string of the molecule is CCC(C)OC(=O)c1c(NC(=O)C(C)n2cc(Cl)cn2)sc2c1CCCC2. The van der Waals surface area contributed by atoms with Gasteiger partial charge in [0.25, 0.3) is 0 Å². The van der Waals surface area contributed by atoms with Crippen LogP contribution < -0.4 is 5.32 Å². The van der Waals surface area contributed by atoms with Crippen LogP contribution in [0.2, 0.25) is 5.02 Å². The molecule has 146 valence electrons. The molecule has 2 aromatic rings. The summed E-state index contributed by atoms with van der Waals surface area (Å²) in [5.74, 6) is -0.597. The third-order valence-electron chi connectivity index (χ3n) is 4.84. The zero-order valence-corrected chi connectivity index (χ0v) is 17.3. The lowest BCUT2D eigenvalue weighted by Crippen LogP contribution is -2.25. The van der Waals surface area contributed by atoms with Crippen LogP contribution >= 0.6 is 22.9 Å². The van der Waals surface area contributed by atoms with E-state index in [1.165, 1.54) is 27.1 Å². The van der Waals surface area contributed by atoms with Gasteiger partial charge in [-0.2, -0.15) is 5.10 Å². The average Bonchev–Trinajstić information content (AvgIpc) is 3.23. The molecule has 0 saturated carbocycles. The number of halogens is 1. The van der Waals surface area contributed by atoms with Crippen molar-refractivity contribution in [3.63, 3.8) is 0 Å². The van der Waals surface area contributed by atoms with Gasteiger partial charge in [0.05, 0.1) is 22.9 Å². The van der Waals surface area contributed by atoms with Crippen LogP contribution in [0.1, 0.15) is 66.9 Å². The molecule has 0 saturated heterocycles. The fourth-order valence-electron chi connectivity index (χ4n) is 3.06. The summed E-state index contributed by atoms with van der Waals surface area (Å²) in [5, 5.41) is 8.06. The second-order valence-electron chi connectivity index (χ2n) is 6.84. The summed E-state index contributed by atoms with van der Waals surface area (Å²) in [6.07, 6.45) is 7.60. The Morgan fingerprint density at radius 3 is 2.78 bits per heavy atom. The van der Waals surface area contributed by atoms with E-state index in [-0.39, 0.29) is 18.0 Å². The normalized spacial score (nSPS) is 15.7. The van der Waals surface area contributed by atoms with Gasteiger partial charge in [-0.3, -0.25) is 9.48 Å². The van der Waals surface area contributed by atoms with Gasteiger partial charge in [-0.1, -0.05) is 18.5 Å². The van der Waals surface area contributed by atoms with Crippen molar-refractivity contribution in [1.29, 1.82) is 0 Å². The van der Waals surface area contributed by atoms with Crippen LogP contribution in [0.15, 0.2) is 12.4 Å². The first-order valence-electron chi connectivity index (χ1n) is 9.26. The van der Waals surface area contributed by atoms with Crippen LogP contribution in [0.3, 0.4) is 0 Å². The number of hydrogen-bond acceptors (Lipinski definition) is 5. The van der Waals surface area contributed by atoms with E-state index in [1.807, 2.05) is 13.8 Å². The molecule has 2 aromatic heterocycles. The number of nitrogens with zero attached hydrogens (tertiary/aromatic N) is 2. The second-order valence-corrected chi connectivity index (χ2v) is 8.38. The van der Waals surface area contributed by atoms with Crippen molar-refractivity contribution in [3.05, 3.63) is 33.4 Å². The number of aryl methyl sites for hydroxylation is 1. The van der Waals surface area contributed by atoms with Crippen molar-refractivity contribution >= 4 is 39.8 Å². The van der Waals surface area contributed by atoms with Gasteiger partial charge in [-0.15, -0.1) is 11.3 Å². The van der Waals surface area contributed by atoms with Crippen molar-refractivity contribution in [2.24, 2.45) is 0 Å². The number of carbonyl (C=O) groups is 2. The van der Waals surface area contributed by atoms with Crippen LogP contribution in [-0.4, -0.2) is 27.8 Å². The van der Waals surface area contributed by atoms with E-state index < -0.39 is 6.04 Å². The number of rotatable bonds is 6. The number of hydrogen-bond donors (Lipinski definition) is 1. The summed E-state index contributed by atoms with van der Waals surface area (Å²) in [6, 6.07) is -0.546. The van der Waals surface area contributed by atoms with Crippen LogP contribution in [0, 0.1) is 0 Å². The van der Waals surface area contributed by atoms with E-state index in [9.17, 15) is 9.59 Å². The van der Waals surface area contributed by atoms with E-state index >= 15 is 0 Å². The molecule has 0 fully saturated rings. The molecule has 1 N–H and O–H groups in total. The Labute approximate surface area is 167 Å². The van der Waals surface area contributed by atoms with Crippen molar-refractivity contribution in [2.75, 3.05) is 5.32 Å². The van der Waals surface area contributed by atoms with Gasteiger partial charge in [-0.05, 0) is 51.5 Å². The molecule has 2 atom stereocenters. The Morgan fingerprint density at radius 1 is 1.37 bits per heavy atom. The van der Waals surface area contributed by atoms with E-state index in [4.69, 9.17) is 16.3 Å². The first-order valence-corrected chi connectivity index (χ1v) is 10.5. The molecule has 27 heavy (non-hydrogen) atoms. The summed E-state index contributed by atoms with van der Waals surface area (Å²) in [4.78, 5) is 26.7. The Morgan fingerprint density at radius 2 is 2.11 bits per heavy atom. The average molecular weight is 410 g/mol. The Hall–Kier alpha value is -1.86. The molecule has 1 aliphatic carbocycles. The van der Waals surface area contributed by atoms with Gasteiger partial charge in [0, 0.05) is 11.1 Å². The molecule has 0 radical (unpaired) electrons. The highest BCUT2D eigenvalue weighted by Crippen LogP contribution is 2.39. The summed E-state index contributed by atoms with van der Waals surface area (Å²) < 4.78 is 7.06. The Bertz CT molecular complexity index is 845.